The molecule has 0 spiro atoms. The molecule has 6 heteroatoms. The highest BCUT2D eigenvalue weighted by Crippen LogP contribution is 2.26. The van der Waals surface area contributed by atoms with Crippen LogP contribution < -0.4 is 10.1 Å². The molecule has 0 fully saturated rings. The number of halogens is 1. The van der Waals surface area contributed by atoms with Gasteiger partial charge < -0.3 is 14.8 Å². The Bertz CT molecular complexity index is 841. The standard InChI is InChI=1S/C22H26ClNO4/c1-6-27-21(26)15-7-12-19(18(23)13-15)24-20(25)14(2)28-17-10-8-16(9-11-17)22(3,4)5/h7-14H,6H2,1-5H3,(H,24,25)/t14-/m0/s1. The Kier molecular flexibility index (Phi) is 7.08. The zero-order chi connectivity index (χ0) is 20.9. The van der Waals surface area contributed by atoms with Gasteiger partial charge in [-0.2, -0.15) is 0 Å². The number of anilines is 1. The molecule has 2 rings (SSSR count). The molecule has 2 aromatic carbocycles. The maximum absolute atomic E-state index is 12.4. The van der Waals surface area contributed by atoms with Crippen molar-refractivity contribution in [1.29, 1.82) is 0 Å². The Morgan fingerprint density at radius 2 is 1.75 bits per heavy atom. The summed E-state index contributed by atoms with van der Waals surface area (Å²) in [5, 5.41) is 2.97. The van der Waals surface area contributed by atoms with Gasteiger partial charge >= 0.3 is 5.97 Å². The number of nitrogens with one attached hydrogen (secondary N) is 1. The second-order valence-electron chi connectivity index (χ2n) is 7.44. The van der Waals surface area contributed by atoms with Gasteiger partial charge in [0.25, 0.3) is 5.91 Å². The summed E-state index contributed by atoms with van der Waals surface area (Å²) in [6.07, 6.45) is -0.721. The van der Waals surface area contributed by atoms with Crippen molar-refractivity contribution in [3.63, 3.8) is 0 Å². The first-order valence-corrected chi connectivity index (χ1v) is 9.54. The molecule has 0 saturated carbocycles. The molecule has 2 aromatic rings. The second kappa shape index (κ2) is 9.11. The maximum atomic E-state index is 12.4. The van der Waals surface area contributed by atoms with Gasteiger partial charge in [0.15, 0.2) is 6.10 Å². The van der Waals surface area contributed by atoms with E-state index in [0.717, 1.165) is 0 Å². The van der Waals surface area contributed by atoms with Crippen molar-refractivity contribution in [2.75, 3.05) is 11.9 Å². The summed E-state index contributed by atoms with van der Waals surface area (Å²) in [5.74, 6) is -0.192. The number of hydrogen-bond acceptors (Lipinski definition) is 4. The van der Waals surface area contributed by atoms with Crippen molar-refractivity contribution in [2.45, 2.75) is 46.1 Å². The maximum Gasteiger partial charge on any atom is 0.338 e. The van der Waals surface area contributed by atoms with Gasteiger partial charge in [0.2, 0.25) is 0 Å². The van der Waals surface area contributed by atoms with Gasteiger partial charge in [-0.25, -0.2) is 4.79 Å². The van der Waals surface area contributed by atoms with Crippen LogP contribution in [0.3, 0.4) is 0 Å². The zero-order valence-electron chi connectivity index (χ0n) is 16.8. The lowest BCUT2D eigenvalue weighted by atomic mass is 9.87. The number of amides is 1. The predicted octanol–water partition coefficient (Wildman–Crippen LogP) is 5.22. The van der Waals surface area contributed by atoms with Crippen LogP contribution in [0.4, 0.5) is 5.69 Å². The molecule has 1 atom stereocenters. The van der Waals surface area contributed by atoms with Gasteiger partial charge in [-0.05, 0) is 55.2 Å². The van der Waals surface area contributed by atoms with E-state index in [-0.39, 0.29) is 23.0 Å². The second-order valence-corrected chi connectivity index (χ2v) is 7.85. The van der Waals surface area contributed by atoms with Crippen molar-refractivity contribution in [3.05, 3.63) is 58.6 Å². The molecule has 0 saturated heterocycles. The van der Waals surface area contributed by atoms with Crippen molar-refractivity contribution in [3.8, 4) is 5.75 Å². The van der Waals surface area contributed by atoms with Crippen LogP contribution in [0.2, 0.25) is 5.02 Å². The Morgan fingerprint density at radius 1 is 1.11 bits per heavy atom. The summed E-state index contributed by atoms with van der Waals surface area (Å²) in [5.41, 5.74) is 1.96. The highest BCUT2D eigenvalue weighted by Gasteiger charge is 2.18. The molecule has 150 valence electrons. The number of hydrogen-bond donors (Lipinski definition) is 1. The molecular formula is C22H26ClNO4. The van der Waals surface area contributed by atoms with Crippen LogP contribution in [0.25, 0.3) is 0 Å². The highest BCUT2D eigenvalue weighted by molar-refractivity contribution is 6.34. The van der Waals surface area contributed by atoms with Crippen molar-refractivity contribution in [1.82, 2.24) is 0 Å². The lowest BCUT2D eigenvalue weighted by Gasteiger charge is -2.20. The van der Waals surface area contributed by atoms with Crippen LogP contribution in [0.5, 0.6) is 5.75 Å². The van der Waals surface area contributed by atoms with E-state index in [1.165, 1.54) is 11.6 Å². The van der Waals surface area contributed by atoms with E-state index < -0.39 is 12.1 Å². The van der Waals surface area contributed by atoms with Crippen LogP contribution in [0.1, 0.15) is 50.5 Å². The minimum Gasteiger partial charge on any atom is -0.481 e. The van der Waals surface area contributed by atoms with E-state index in [9.17, 15) is 9.59 Å². The largest absolute Gasteiger partial charge is 0.481 e. The van der Waals surface area contributed by atoms with E-state index in [4.69, 9.17) is 21.1 Å². The van der Waals surface area contributed by atoms with E-state index in [1.807, 2.05) is 24.3 Å². The van der Waals surface area contributed by atoms with Crippen LogP contribution >= 0.6 is 11.6 Å². The lowest BCUT2D eigenvalue weighted by molar-refractivity contribution is -0.122. The fourth-order valence-electron chi connectivity index (χ4n) is 2.48. The molecule has 0 aromatic heterocycles. The molecule has 0 heterocycles. The third kappa shape index (κ3) is 5.73. The minimum absolute atomic E-state index is 0.0496. The summed E-state index contributed by atoms with van der Waals surface area (Å²) in [7, 11) is 0. The van der Waals surface area contributed by atoms with E-state index in [1.54, 1.807) is 26.0 Å². The van der Waals surface area contributed by atoms with Gasteiger partial charge in [0.05, 0.1) is 22.9 Å². The lowest BCUT2D eigenvalue weighted by Crippen LogP contribution is -2.30. The van der Waals surface area contributed by atoms with Crippen LogP contribution in [-0.4, -0.2) is 24.6 Å². The van der Waals surface area contributed by atoms with Gasteiger partial charge in [-0.1, -0.05) is 44.5 Å². The number of carbonyl (C=O) groups excluding carboxylic acids is 2. The summed E-state index contributed by atoms with van der Waals surface area (Å²) in [6, 6.07) is 12.3. The minimum atomic E-state index is -0.721. The predicted molar refractivity (Wildman–Crippen MR) is 111 cm³/mol. The van der Waals surface area contributed by atoms with Crippen LogP contribution in [0.15, 0.2) is 42.5 Å². The number of carbonyl (C=O) groups is 2. The molecule has 28 heavy (non-hydrogen) atoms. The number of benzene rings is 2. The fraction of sp³-hybridized carbons (Fsp3) is 0.364. The number of esters is 1. The van der Waals surface area contributed by atoms with E-state index >= 15 is 0 Å². The highest BCUT2D eigenvalue weighted by atomic mass is 35.5. The van der Waals surface area contributed by atoms with Crippen LogP contribution in [0, 0.1) is 0 Å². The summed E-state index contributed by atoms with van der Waals surface area (Å²) in [6.45, 7) is 10.1. The van der Waals surface area contributed by atoms with Crippen LogP contribution in [-0.2, 0) is 14.9 Å². The molecule has 0 radical (unpaired) electrons. The van der Waals surface area contributed by atoms with Gasteiger partial charge in [0.1, 0.15) is 5.75 Å². The Morgan fingerprint density at radius 3 is 2.29 bits per heavy atom. The van der Waals surface area contributed by atoms with Gasteiger partial charge in [-0.15, -0.1) is 0 Å². The third-order valence-corrected chi connectivity index (χ3v) is 4.45. The van der Waals surface area contributed by atoms with Crippen molar-refractivity contribution >= 4 is 29.2 Å². The van der Waals surface area contributed by atoms with Crippen molar-refractivity contribution in [2.24, 2.45) is 0 Å². The monoisotopic (exact) mass is 403 g/mol. The molecule has 5 nitrogen and oxygen atoms in total. The summed E-state index contributed by atoms with van der Waals surface area (Å²) >= 11 is 6.18. The SMILES string of the molecule is CCOC(=O)c1ccc(NC(=O)[C@H](C)Oc2ccc(C(C)(C)C)cc2)c(Cl)c1. The molecule has 1 N–H and O–H groups in total. The average Bonchev–Trinajstić information content (AvgIpc) is 2.63. The first kappa shape index (κ1) is 21.8. The first-order chi connectivity index (χ1) is 13.1. The number of rotatable bonds is 6. The molecule has 0 aliphatic rings. The summed E-state index contributed by atoms with van der Waals surface area (Å²) < 4.78 is 10.7. The van der Waals surface area contributed by atoms with E-state index in [0.29, 0.717) is 17.0 Å². The van der Waals surface area contributed by atoms with E-state index in [2.05, 4.69) is 26.1 Å². The van der Waals surface area contributed by atoms with Gasteiger partial charge in [-0.3, -0.25) is 4.79 Å². The topological polar surface area (TPSA) is 64.6 Å². The smallest absolute Gasteiger partial charge is 0.338 e. The molecular weight excluding hydrogens is 378 g/mol. The molecule has 0 bridgehead atoms. The average molecular weight is 404 g/mol. The Balaban J connectivity index is 2.01. The molecule has 0 unspecified atom stereocenters. The molecule has 1 amide bonds. The normalized spacial score (nSPS) is 12.2. The quantitative estimate of drug-likeness (QED) is 0.671. The fourth-order valence-corrected chi connectivity index (χ4v) is 2.71. The Labute approximate surface area is 171 Å². The zero-order valence-corrected chi connectivity index (χ0v) is 17.6. The number of ether oxygens (including phenoxy) is 2. The Hall–Kier alpha value is -2.53. The molecule has 0 aliphatic heterocycles. The third-order valence-electron chi connectivity index (χ3n) is 4.14. The van der Waals surface area contributed by atoms with Crippen molar-refractivity contribution < 1.29 is 19.1 Å². The first-order valence-electron chi connectivity index (χ1n) is 9.16. The van der Waals surface area contributed by atoms with Gasteiger partial charge in [0, 0.05) is 0 Å². The summed E-state index contributed by atoms with van der Waals surface area (Å²) in [4.78, 5) is 24.2. The molecule has 0 aliphatic carbocycles.